The molecule has 0 aliphatic carbocycles. The van der Waals surface area contributed by atoms with Crippen LogP contribution in [-0.2, 0) is 0 Å². The zero-order valence-corrected chi connectivity index (χ0v) is 11.0. The molecule has 1 heterocycles. The SMILES string of the molecule is Fc1ccc(-c2cc3cc4ccccc4cc3[nH]2)cc1F. The van der Waals surface area contributed by atoms with E-state index in [-0.39, 0.29) is 0 Å². The van der Waals surface area contributed by atoms with Crippen molar-refractivity contribution in [3.05, 3.63) is 72.3 Å². The van der Waals surface area contributed by atoms with Gasteiger partial charge in [-0.15, -0.1) is 0 Å². The summed E-state index contributed by atoms with van der Waals surface area (Å²) in [5.74, 6) is -1.67. The Morgan fingerprint density at radius 3 is 2.19 bits per heavy atom. The largest absolute Gasteiger partial charge is 0.355 e. The number of hydrogen-bond donors (Lipinski definition) is 1. The van der Waals surface area contributed by atoms with Crippen molar-refractivity contribution in [1.82, 2.24) is 4.98 Å². The van der Waals surface area contributed by atoms with Crippen LogP contribution in [0.5, 0.6) is 0 Å². The van der Waals surface area contributed by atoms with E-state index >= 15 is 0 Å². The van der Waals surface area contributed by atoms with Crippen molar-refractivity contribution in [3.63, 3.8) is 0 Å². The molecule has 1 nitrogen and oxygen atoms in total. The maximum atomic E-state index is 13.4. The molecule has 0 fully saturated rings. The zero-order chi connectivity index (χ0) is 14.4. The summed E-state index contributed by atoms with van der Waals surface area (Å²) < 4.78 is 26.4. The van der Waals surface area contributed by atoms with Crippen molar-refractivity contribution >= 4 is 21.7 Å². The van der Waals surface area contributed by atoms with Crippen LogP contribution in [0.3, 0.4) is 0 Å². The van der Waals surface area contributed by atoms with E-state index in [2.05, 4.69) is 23.2 Å². The number of hydrogen-bond acceptors (Lipinski definition) is 0. The van der Waals surface area contributed by atoms with Gasteiger partial charge < -0.3 is 4.98 Å². The summed E-state index contributed by atoms with van der Waals surface area (Å²) in [6.07, 6.45) is 0. The summed E-state index contributed by atoms with van der Waals surface area (Å²) in [5.41, 5.74) is 2.39. The molecule has 4 aromatic rings. The van der Waals surface area contributed by atoms with Gasteiger partial charge in [-0.25, -0.2) is 8.78 Å². The normalized spacial score (nSPS) is 11.3. The Bertz CT molecular complexity index is 917. The Balaban J connectivity index is 1.93. The van der Waals surface area contributed by atoms with Crippen LogP contribution in [-0.4, -0.2) is 4.98 Å². The van der Waals surface area contributed by atoms with Gasteiger partial charge in [-0.05, 0) is 47.2 Å². The number of aromatic nitrogens is 1. The Kier molecular flexibility index (Phi) is 2.54. The smallest absolute Gasteiger partial charge is 0.159 e. The van der Waals surface area contributed by atoms with Crippen LogP contribution in [0, 0.1) is 11.6 Å². The summed E-state index contributed by atoms with van der Waals surface area (Å²) in [6.45, 7) is 0. The summed E-state index contributed by atoms with van der Waals surface area (Å²) in [7, 11) is 0. The third kappa shape index (κ3) is 1.98. The second kappa shape index (κ2) is 4.42. The summed E-state index contributed by atoms with van der Waals surface area (Å²) >= 11 is 0. The Hall–Kier alpha value is -2.68. The standard InChI is InChI=1S/C18H11F2N/c19-15-6-5-13(8-16(15)20)17-10-14-7-11-3-1-2-4-12(11)9-18(14)21-17/h1-10,21H. The van der Waals surface area contributed by atoms with E-state index in [1.165, 1.54) is 6.07 Å². The summed E-state index contributed by atoms with van der Waals surface area (Å²) in [6, 6.07) is 18.1. The zero-order valence-electron chi connectivity index (χ0n) is 11.0. The molecule has 102 valence electrons. The second-order valence-electron chi connectivity index (χ2n) is 5.10. The molecule has 3 heteroatoms. The van der Waals surface area contributed by atoms with Gasteiger partial charge in [0.05, 0.1) is 0 Å². The molecule has 0 aliphatic heterocycles. The Labute approximate surface area is 119 Å². The van der Waals surface area contributed by atoms with Crippen molar-refractivity contribution < 1.29 is 8.78 Å². The van der Waals surface area contributed by atoms with Gasteiger partial charge >= 0.3 is 0 Å². The van der Waals surface area contributed by atoms with Gasteiger partial charge in [0.15, 0.2) is 11.6 Å². The molecule has 1 aromatic heterocycles. The van der Waals surface area contributed by atoms with E-state index in [1.807, 2.05) is 24.3 Å². The number of halogens is 2. The molecule has 1 N–H and O–H groups in total. The molecule has 0 amide bonds. The minimum atomic E-state index is -0.837. The highest BCUT2D eigenvalue weighted by Gasteiger charge is 2.08. The van der Waals surface area contributed by atoms with E-state index < -0.39 is 11.6 Å². The summed E-state index contributed by atoms with van der Waals surface area (Å²) in [4.78, 5) is 3.26. The average molecular weight is 279 g/mol. The molecule has 0 saturated heterocycles. The van der Waals surface area contributed by atoms with E-state index in [0.29, 0.717) is 5.56 Å². The molecule has 0 aliphatic rings. The lowest BCUT2D eigenvalue weighted by Gasteiger charge is -1.98. The van der Waals surface area contributed by atoms with Crippen LogP contribution in [0.4, 0.5) is 8.78 Å². The van der Waals surface area contributed by atoms with Crippen molar-refractivity contribution in [2.24, 2.45) is 0 Å². The Morgan fingerprint density at radius 1 is 0.667 bits per heavy atom. The first-order valence-corrected chi connectivity index (χ1v) is 6.68. The van der Waals surface area contributed by atoms with Gasteiger partial charge in [-0.2, -0.15) is 0 Å². The monoisotopic (exact) mass is 279 g/mol. The third-order valence-electron chi connectivity index (χ3n) is 3.72. The predicted molar refractivity (Wildman–Crippen MR) is 81.2 cm³/mol. The van der Waals surface area contributed by atoms with Gasteiger partial charge in [-0.1, -0.05) is 24.3 Å². The fourth-order valence-corrected chi connectivity index (χ4v) is 2.64. The van der Waals surface area contributed by atoms with E-state index in [1.54, 1.807) is 6.07 Å². The van der Waals surface area contributed by atoms with Crippen molar-refractivity contribution in [1.29, 1.82) is 0 Å². The highest BCUT2D eigenvalue weighted by molar-refractivity contribution is 5.98. The lowest BCUT2D eigenvalue weighted by Crippen LogP contribution is -1.85. The highest BCUT2D eigenvalue weighted by Crippen LogP contribution is 2.28. The van der Waals surface area contributed by atoms with E-state index in [0.717, 1.165) is 33.4 Å². The first-order chi connectivity index (χ1) is 10.2. The van der Waals surface area contributed by atoms with Crippen LogP contribution in [0.15, 0.2) is 60.7 Å². The van der Waals surface area contributed by atoms with Gasteiger partial charge in [0.1, 0.15) is 0 Å². The van der Waals surface area contributed by atoms with Crippen LogP contribution in [0.25, 0.3) is 32.9 Å². The van der Waals surface area contributed by atoms with Gasteiger partial charge in [0.2, 0.25) is 0 Å². The number of H-pyrrole nitrogens is 1. The first-order valence-electron chi connectivity index (χ1n) is 6.68. The minimum Gasteiger partial charge on any atom is -0.355 e. The molecule has 21 heavy (non-hydrogen) atoms. The fraction of sp³-hybridized carbons (Fsp3) is 0. The van der Waals surface area contributed by atoms with Crippen molar-refractivity contribution in [3.8, 4) is 11.3 Å². The Morgan fingerprint density at radius 2 is 1.43 bits per heavy atom. The van der Waals surface area contributed by atoms with Gasteiger partial charge in [-0.3, -0.25) is 0 Å². The molecule has 3 aromatic carbocycles. The molecular formula is C18H11F2N. The average Bonchev–Trinajstić information content (AvgIpc) is 2.90. The number of aromatic amines is 1. The van der Waals surface area contributed by atoms with Crippen LogP contribution < -0.4 is 0 Å². The maximum Gasteiger partial charge on any atom is 0.159 e. The first kappa shape index (κ1) is 12.1. The number of nitrogens with one attached hydrogen (secondary N) is 1. The van der Waals surface area contributed by atoms with Crippen LogP contribution in [0.2, 0.25) is 0 Å². The van der Waals surface area contributed by atoms with E-state index in [9.17, 15) is 8.78 Å². The lowest BCUT2D eigenvalue weighted by atomic mass is 10.1. The summed E-state index contributed by atoms with van der Waals surface area (Å²) in [5, 5.41) is 3.35. The minimum absolute atomic E-state index is 0.633. The molecule has 0 radical (unpaired) electrons. The lowest BCUT2D eigenvalue weighted by molar-refractivity contribution is 0.509. The fourth-order valence-electron chi connectivity index (χ4n) is 2.64. The quantitative estimate of drug-likeness (QED) is 0.489. The third-order valence-corrected chi connectivity index (χ3v) is 3.72. The number of fused-ring (bicyclic) bond motifs is 2. The van der Waals surface area contributed by atoms with Gasteiger partial charge in [0.25, 0.3) is 0 Å². The molecule has 4 rings (SSSR count). The van der Waals surface area contributed by atoms with Crippen LogP contribution in [0.1, 0.15) is 0 Å². The molecule has 0 atom stereocenters. The number of benzene rings is 3. The maximum absolute atomic E-state index is 13.4. The van der Waals surface area contributed by atoms with Crippen LogP contribution >= 0.6 is 0 Å². The van der Waals surface area contributed by atoms with Crippen molar-refractivity contribution in [2.45, 2.75) is 0 Å². The molecular weight excluding hydrogens is 268 g/mol. The molecule has 0 spiro atoms. The van der Waals surface area contributed by atoms with Gasteiger partial charge in [0, 0.05) is 22.2 Å². The molecule has 0 bridgehead atoms. The topological polar surface area (TPSA) is 15.8 Å². The molecule has 0 saturated carbocycles. The highest BCUT2D eigenvalue weighted by atomic mass is 19.2. The molecule has 0 unspecified atom stereocenters. The second-order valence-corrected chi connectivity index (χ2v) is 5.10. The van der Waals surface area contributed by atoms with E-state index in [4.69, 9.17) is 0 Å². The van der Waals surface area contributed by atoms with Crippen molar-refractivity contribution in [2.75, 3.05) is 0 Å². The predicted octanol–water partition coefficient (Wildman–Crippen LogP) is 5.27. The number of rotatable bonds is 1.